The van der Waals surface area contributed by atoms with E-state index in [9.17, 15) is 4.79 Å². The third-order valence-electron chi connectivity index (χ3n) is 3.31. The van der Waals surface area contributed by atoms with E-state index in [4.69, 9.17) is 15.2 Å². The molecular weight excluding hydrogens is 280 g/mol. The van der Waals surface area contributed by atoms with Crippen molar-refractivity contribution in [3.63, 3.8) is 0 Å². The van der Waals surface area contributed by atoms with E-state index in [1.54, 1.807) is 25.3 Å². The zero-order valence-corrected chi connectivity index (χ0v) is 12.8. The van der Waals surface area contributed by atoms with Gasteiger partial charge in [-0.3, -0.25) is 4.79 Å². The summed E-state index contributed by atoms with van der Waals surface area (Å²) in [5.41, 5.74) is 8.07. The molecule has 0 bridgehead atoms. The van der Waals surface area contributed by atoms with E-state index in [1.165, 1.54) is 0 Å². The van der Waals surface area contributed by atoms with E-state index >= 15 is 0 Å². The summed E-state index contributed by atoms with van der Waals surface area (Å²) >= 11 is 0. The first-order chi connectivity index (χ1) is 10.6. The molecule has 0 heterocycles. The van der Waals surface area contributed by atoms with Crippen molar-refractivity contribution in [2.45, 2.75) is 13.3 Å². The summed E-state index contributed by atoms with van der Waals surface area (Å²) in [5, 5.41) is 2.84. The molecule has 0 aliphatic rings. The molecule has 22 heavy (non-hydrogen) atoms. The van der Waals surface area contributed by atoms with Gasteiger partial charge in [0.2, 0.25) is 5.91 Å². The fraction of sp³-hybridized carbons (Fsp3) is 0.235. The first kappa shape index (κ1) is 15.7. The molecule has 0 saturated carbocycles. The largest absolute Gasteiger partial charge is 0.497 e. The molecule has 2 aromatic rings. The van der Waals surface area contributed by atoms with Crippen LogP contribution in [-0.4, -0.2) is 19.6 Å². The van der Waals surface area contributed by atoms with Gasteiger partial charge in [0.05, 0.1) is 20.1 Å². The number of anilines is 2. The standard InChI is InChI=1S/C17H20N2O3/c1-12-15(18)4-3-5-16(12)19-17(20)10-11-22-14-8-6-13(21-2)7-9-14/h3-9H,10-11,18H2,1-2H3,(H,19,20). The van der Waals surface area contributed by atoms with Crippen LogP contribution in [0.3, 0.4) is 0 Å². The van der Waals surface area contributed by atoms with Crippen LogP contribution in [0.4, 0.5) is 11.4 Å². The zero-order valence-electron chi connectivity index (χ0n) is 12.8. The van der Waals surface area contributed by atoms with E-state index in [0.29, 0.717) is 18.0 Å². The number of carbonyl (C=O) groups excluding carboxylic acids is 1. The molecule has 2 aromatic carbocycles. The number of nitrogens with two attached hydrogens (primary N) is 1. The van der Waals surface area contributed by atoms with Crippen molar-refractivity contribution in [3.8, 4) is 11.5 Å². The summed E-state index contributed by atoms with van der Waals surface area (Å²) < 4.78 is 10.6. The van der Waals surface area contributed by atoms with Crippen LogP contribution in [0.15, 0.2) is 42.5 Å². The van der Waals surface area contributed by atoms with E-state index < -0.39 is 0 Å². The molecule has 0 aromatic heterocycles. The number of carbonyl (C=O) groups is 1. The summed E-state index contributed by atoms with van der Waals surface area (Å²) in [6.07, 6.45) is 0.264. The number of hydrogen-bond donors (Lipinski definition) is 2. The van der Waals surface area contributed by atoms with Crippen LogP contribution >= 0.6 is 0 Å². The number of amides is 1. The van der Waals surface area contributed by atoms with Gasteiger partial charge in [0.15, 0.2) is 0 Å². The Morgan fingerprint density at radius 3 is 2.50 bits per heavy atom. The van der Waals surface area contributed by atoms with Gasteiger partial charge in [-0.2, -0.15) is 0 Å². The molecule has 3 N–H and O–H groups in total. The Balaban J connectivity index is 1.81. The highest BCUT2D eigenvalue weighted by atomic mass is 16.5. The van der Waals surface area contributed by atoms with Crippen LogP contribution in [0.5, 0.6) is 11.5 Å². The normalized spacial score (nSPS) is 10.1. The zero-order chi connectivity index (χ0) is 15.9. The number of nitrogens with one attached hydrogen (secondary N) is 1. The molecule has 2 rings (SSSR count). The summed E-state index contributed by atoms with van der Waals surface area (Å²) in [6.45, 7) is 2.18. The fourth-order valence-corrected chi connectivity index (χ4v) is 1.94. The summed E-state index contributed by atoms with van der Waals surface area (Å²) in [6, 6.07) is 12.7. The monoisotopic (exact) mass is 300 g/mol. The molecule has 0 atom stereocenters. The van der Waals surface area contributed by atoms with Crippen molar-refractivity contribution in [2.24, 2.45) is 0 Å². The molecule has 0 radical (unpaired) electrons. The molecule has 0 fully saturated rings. The lowest BCUT2D eigenvalue weighted by atomic mass is 10.1. The first-order valence-corrected chi connectivity index (χ1v) is 7.02. The maximum Gasteiger partial charge on any atom is 0.227 e. The number of nitrogen functional groups attached to an aromatic ring is 1. The topological polar surface area (TPSA) is 73.6 Å². The van der Waals surface area contributed by atoms with Gasteiger partial charge < -0.3 is 20.5 Å². The Morgan fingerprint density at radius 2 is 1.82 bits per heavy atom. The van der Waals surface area contributed by atoms with E-state index in [0.717, 1.165) is 17.0 Å². The minimum Gasteiger partial charge on any atom is -0.497 e. The van der Waals surface area contributed by atoms with E-state index in [1.807, 2.05) is 31.2 Å². The molecule has 1 amide bonds. The van der Waals surface area contributed by atoms with Crippen molar-refractivity contribution in [1.29, 1.82) is 0 Å². The number of benzene rings is 2. The Bertz CT molecular complexity index is 639. The maximum atomic E-state index is 11.9. The second kappa shape index (κ2) is 7.36. The summed E-state index contributed by atoms with van der Waals surface area (Å²) in [4.78, 5) is 11.9. The maximum absolute atomic E-state index is 11.9. The van der Waals surface area contributed by atoms with Gasteiger partial charge in [0.25, 0.3) is 0 Å². The lowest BCUT2D eigenvalue weighted by molar-refractivity contribution is -0.116. The second-order valence-corrected chi connectivity index (χ2v) is 4.84. The highest BCUT2D eigenvalue weighted by Crippen LogP contribution is 2.21. The van der Waals surface area contributed by atoms with Crippen LogP contribution in [0.2, 0.25) is 0 Å². The number of hydrogen-bond acceptors (Lipinski definition) is 4. The molecule has 5 heteroatoms. The van der Waals surface area contributed by atoms with Gasteiger partial charge in [0, 0.05) is 11.4 Å². The van der Waals surface area contributed by atoms with Gasteiger partial charge in [-0.25, -0.2) is 0 Å². The Morgan fingerprint density at radius 1 is 1.14 bits per heavy atom. The van der Waals surface area contributed by atoms with Crippen molar-refractivity contribution in [1.82, 2.24) is 0 Å². The molecular formula is C17H20N2O3. The average Bonchev–Trinajstić information content (AvgIpc) is 2.52. The third kappa shape index (κ3) is 4.15. The average molecular weight is 300 g/mol. The van der Waals surface area contributed by atoms with E-state index in [2.05, 4.69) is 5.32 Å². The second-order valence-electron chi connectivity index (χ2n) is 4.84. The van der Waals surface area contributed by atoms with Gasteiger partial charge in [-0.15, -0.1) is 0 Å². The lowest BCUT2D eigenvalue weighted by Crippen LogP contribution is -2.16. The molecule has 0 spiro atoms. The van der Waals surface area contributed by atoms with Gasteiger partial charge in [-0.05, 0) is 48.9 Å². The smallest absolute Gasteiger partial charge is 0.227 e. The number of methoxy groups -OCH3 is 1. The van der Waals surface area contributed by atoms with Crippen LogP contribution in [-0.2, 0) is 4.79 Å². The van der Waals surface area contributed by atoms with Crippen molar-refractivity contribution in [2.75, 3.05) is 24.8 Å². The third-order valence-corrected chi connectivity index (χ3v) is 3.31. The predicted molar refractivity (Wildman–Crippen MR) is 87.3 cm³/mol. The highest BCUT2D eigenvalue weighted by Gasteiger charge is 2.06. The molecule has 5 nitrogen and oxygen atoms in total. The molecule has 0 aliphatic carbocycles. The molecule has 0 aliphatic heterocycles. The van der Waals surface area contributed by atoms with Crippen molar-refractivity contribution in [3.05, 3.63) is 48.0 Å². The Hall–Kier alpha value is -2.69. The van der Waals surface area contributed by atoms with Crippen LogP contribution in [0.1, 0.15) is 12.0 Å². The Labute approximate surface area is 130 Å². The Kier molecular flexibility index (Phi) is 5.25. The van der Waals surface area contributed by atoms with Crippen molar-refractivity contribution >= 4 is 17.3 Å². The fourth-order valence-electron chi connectivity index (χ4n) is 1.94. The lowest BCUT2D eigenvalue weighted by Gasteiger charge is -2.11. The van der Waals surface area contributed by atoms with Crippen LogP contribution in [0, 0.1) is 6.92 Å². The summed E-state index contributed by atoms with van der Waals surface area (Å²) in [7, 11) is 1.61. The van der Waals surface area contributed by atoms with Crippen molar-refractivity contribution < 1.29 is 14.3 Å². The first-order valence-electron chi connectivity index (χ1n) is 7.02. The minimum absolute atomic E-state index is 0.109. The molecule has 0 saturated heterocycles. The number of ether oxygens (including phenoxy) is 2. The van der Waals surface area contributed by atoms with Gasteiger partial charge >= 0.3 is 0 Å². The predicted octanol–water partition coefficient (Wildman–Crippen LogP) is 2.99. The SMILES string of the molecule is COc1ccc(OCCC(=O)Nc2cccc(N)c2C)cc1. The summed E-state index contributed by atoms with van der Waals surface area (Å²) in [5.74, 6) is 1.36. The quantitative estimate of drug-likeness (QED) is 0.804. The minimum atomic E-state index is -0.109. The van der Waals surface area contributed by atoms with Gasteiger partial charge in [0.1, 0.15) is 11.5 Å². The number of rotatable bonds is 6. The van der Waals surface area contributed by atoms with E-state index in [-0.39, 0.29) is 12.3 Å². The van der Waals surface area contributed by atoms with Crippen LogP contribution in [0.25, 0.3) is 0 Å². The van der Waals surface area contributed by atoms with Crippen LogP contribution < -0.4 is 20.5 Å². The van der Waals surface area contributed by atoms with Gasteiger partial charge in [-0.1, -0.05) is 6.07 Å². The highest BCUT2D eigenvalue weighted by molar-refractivity contribution is 5.92. The molecule has 116 valence electrons. The molecule has 0 unspecified atom stereocenters.